The first-order chi connectivity index (χ1) is 9.71. The Morgan fingerprint density at radius 2 is 1.95 bits per heavy atom. The zero-order valence-corrected chi connectivity index (χ0v) is 13.1. The zero-order chi connectivity index (χ0) is 16.0. The van der Waals surface area contributed by atoms with Crippen LogP contribution in [0.5, 0.6) is 0 Å². The summed E-state index contributed by atoms with van der Waals surface area (Å²) in [6, 6.07) is 3.43. The summed E-state index contributed by atoms with van der Waals surface area (Å²) in [7, 11) is 0. The highest BCUT2D eigenvalue weighted by atomic mass is 32.1. The summed E-state index contributed by atoms with van der Waals surface area (Å²) in [5, 5.41) is 3.11. The van der Waals surface area contributed by atoms with Crippen LogP contribution in [0, 0.1) is 5.92 Å². The van der Waals surface area contributed by atoms with Crippen LogP contribution in [-0.4, -0.2) is 11.5 Å². The molecule has 0 aromatic heterocycles. The van der Waals surface area contributed by atoms with E-state index in [1.165, 1.54) is 6.07 Å². The van der Waals surface area contributed by atoms with Gasteiger partial charge >= 0.3 is 6.18 Å². The van der Waals surface area contributed by atoms with E-state index < -0.39 is 11.7 Å². The summed E-state index contributed by atoms with van der Waals surface area (Å²) in [6.07, 6.45) is -1.23. The summed E-state index contributed by atoms with van der Waals surface area (Å²) in [5.41, 5.74) is 5.58. The van der Waals surface area contributed by atoms with Gasteiger partial charge in [0.15, 0.2) is 0 Å². The smallest absolute Gasteiger partial charge is 0.389 e. The summed E-state index contributed by atoms with van der Waals surface area (Å²) >= 11 is 4.84. The fraction of sp³-hybridized carbons (Fsp3) is 0.533. The fourth-order valence-corrected chi connectivity index (χ4v) is 2.15. The Morgan fingerprint density at radius 3 is 2.48 bits per heavy atom. The standard InChI is InChI=1S/C15H21F3N2S/c1-10(2)5-3-4-8-20-13-7-6-11(15(16,17)18)9-12(13)14(19)21/h6-7,9-10,20H,3-5,8H2,1-2H3,(H2,19,21). The maximum absolute atomic E-state index is 12.7. The van der Waals surface area contributed by atoms with Gasteiger partial charge in [-0.15, -0.1) is 0 Å². The van der Waals surface area contributed by atoms with Gasteiger partial charge in [-0.1, -0.05) is 38.9 Å². The fourth-order valence-electron chi connectivity index (χ4n) is 1.98. The van der Waals surface area contributed by atoms with Gasteiger partial charge in [-0.2, -0.15) is 13.2 Å². The third-order valence-electron chi connectivity index (χ3n) is 3.14. The molecule has 6 heteroatoms. The molecule has 0 unspecified atom stereocenters. The van der Waals surface area contributed by atoms with Gasteiger partial charge in [-0.25, -0.2) is 0 Å². The highest BCUT2D eigenvalue weighted by molar-refractivity contribution is 7.80. The van der Waals surface area contributed by atoms with Gasteiger partial charge in [0.2, 0.25) is 0 Å². The number of anilines is 1. The lowest BCUT2D eigenvalue weighted by Gasteiger charge is -2.14. The van der Waals surface area contributed by atoms with Gasteiger partial charge in [0.05, 0.1) is 5.56 Å². The number of benzene rings is 1. The molecule has 0 fully saturated rings. The van der Waals surface area contributed by atoms with Gasteiger partial charge in [-0.3, -0.25) is 0 Å². The van der Waals surface area contributed by atoms with E-state index in [9.17, 15) is 13.2 Å². The normalized spacial score (nSPS) is 11.7. The molecule has 2 nitrogen and oxygen atoms in total. The molecule has 0 aliphatic carbocycles. The topological polar surface area (TPSA) is 38.0 Å². The molecule has 0 amide bonds. The average Bonchev–Trinajstić information content (AvgIpc) is 2.36. The lowest BCUT2D eigenvalue weighted by molar-refractivity contribution is -0.137. The molecule has 1 aromatic rings. The van der Waals surface area contributed by atoms with E-state index in [4.69, 9.17) is 18.0 Å². The van der Waals surface area contributed by atoms with E-state index in [-0.39, 0.29) is 10.6 Å². The number of hydrogen-bond acceptors (Lipinski definition) is 2. The van der Waals surface area contributed by atoms with Crippen LogP contribution in [-0.2, 0) is 6.18 Å². The molecular formula is C15H21F3N2S. The molecule has 1 aromatic carbocycles. The zero-order valence-electron chi connectivity index (χ0n) is 12.3. The van der Waals surface area contributed by atoms with Crippen LogP contribution in [0.25, 0.3) is 0 Å². The Hall–Kier alpha value is -1.30. The number of thiocarbonyl (C=S) groups is 1. The number of unbranched alkanes of at least 4 members (excludes halogenated alkanes) is 1. The van der Waals surface area contributed by atoms with Crippen molar-refractivity contribution in [3.63, 3.8) is 0 Å². The molecule has 0 bridgehead atoms. The summed E-state index contributed by atoms with van der Waals surface area (Å²) in [6.45, 7) is 5.01. The summed E-state index contributed by atoms with van der Waals surface area (Å²) in [5.74, 6) is 0.656. The van der Waals surface area contributed by atoms with Crippen molar-refractivity contribution in [2.45, 2.75) is 39.3 Å². The number of nitrogens with two attached hydrogens (primary N) is 1. The molecule has 118 valence electrons. The third-order valence-corrected chi connectivity index (χ3v) is 3.36. The molecule has 0 atom stereocenters. The van der Waals surface area contributed by atoms with Crippen molar-refractivity contribution in [2.75, 3.05) is 11.9 Å². The number of halogens is 3. The monoisotopic (exact) mass is 318 g/mol. The maximum atomic E-state index is 12.7. The predicted molar refractivity (Wildman–Crippen MR) is 84.5 cm³/mol. The van der Waals surface area contributed by atoms with Crippen LogP contribution >= 0.6 is 12.2 Å². The van der Waals surface area contributed by atoms with Crippen molar-refractivity contribution in [3.8, 4) is 0 Å². The van der Waals surface area contributed by atoms with Crippen LogP contribution in [0.1, 0.15) is 44.2 Å². The molecule has 3 N–H and O–H groups in total. The average molecular weight is 318 g/mol. The van der Waals surface area contributed by atoms with Crippen LogP contribution in [0.2, 0.25) is 0 Å². The van der Waals surface area contributed by atoms with Crippen molar-refractivity contribution >= 4 is 22.9 Å². The second kappa shape index (κ2) is 7.64. The lowest BCUT2D eigenvalue weighted by Crippen LogP contribution is -2.16. The Balaban J connectivity index is 2.72. The highest BCUT2D eigenvalue weighted by Crippen LogP contribution is 2.31. The second-order valence-electron chi connectivity index (χ2n) is 5.44. The molecule has 0 spiro atoms. The van der Waals surface area contributed by atoms with Crippen molar-refractivity contribution in [3.05, 3.63) is 29.3 Å². The number of rotatable bonds is 7. The van der Waals surface area contributed by atoms with Gasteiger partial charge in [-0.05, 0) is 30.5 Å². The summed E-state index contributed by atoms with van der Waals surface area (Å²) in [4.78, 5) is -0.0363. The second-order valence-corrected chi connectivity index (χ2v) is 5.88. The van der Waals surface area contributed by atoms with Crippen molar-refractivity contribution < 1.29 is 13.2 Å². The van der Waals surface area contributed by atoms with Gasteiger partial charge in [0.1, 0.15) is 4.99 Å². The Labute approximate surface area is 128 Å². The Morgan fingerprint density at radius 1 is 1.29 bits per heavy atom. The molecule has 0 saturated carbocycles. The predicted octanol–water partition coefficient (Wildman–Crippen LogP) is 4.58. The van der Waals surface area contributed by atoms with Crippen LogP contribution in [0.4, 0.5) is 18.9 Å². The SMILES string of the molecule is CC(C)CCCCNc1ccc(C(F)(F)F)cc1C(N)=S. The van der Waals surface area contributed by atoms with E-state index in [1.807, 2.05) is 0 Å². The van der Waals surface area contributed by atoms with E-state index in [1.54, 1.807) is 0 Å². The minimum Gasteiger partial charge on any atom is -0.389 e. The lowest BCUT2D eigenvalue weighted by atomic mass is 10.1. The van der Waals surface area contributed by atoms with Gasteiger partial charge in [0.25, 0.3) is 0 Å². The third kappa shape index (κ3) is 5.91. The van der Waals surface area contributed by atoms with E-state index >= 15 is 0 Å². The molecule has 0 heterocycles. The van der Waals surface area contributed by atoms with Crippen molar-refractivity contribution in [2.24, 2.45) is 11.7 Å². The van der Waals surface area contributed by atoms with E-state index in [0.717, 1.165) is 31.4 Å². The number of hydrogen-bond donors (Lipinski definition) is 2. The molecule has 0 aliphatic heterocycles. The van der Waals surface area contributed by atoms with Crippen LogP contribution in [0.3, 0.4) is 0 Å². The molecular weight excluding hydrogens is 297 g/mol. The molecule has 0 saturated heterocycles. The molecule has 1 rings (SSSR count). The molecule has 0 radical (unpaired) electrons. The first-order valence-corrected chi connectivity index (χ1v) is 7.37. The van der Waals surface area contributed by atoms with Crippen LogP contribution in [0.15, 0.2) is 18.2 Å². The van der Waals surface area contributed by atoms with Crippen LogP contribution < -0.4 is 11.1 Å². The van der Waals surface area contributed by atoms with Gasteiger partial charge < -0.3 is 11.1 Å². The van der Waals surface area contributed by atoms with Crippen molar-refractivity contribution in [1.29, 1.82) is 0 Å². The summed E-state index contributed by atoms with van der Waals surface area (Å²) < 4.78 is 38.1. The Bertz CT molecular complexity index is 484. The first kappa shape index (κ1) is 17.8. The minimum absolute atomic E-state index is 0.0363. The van der Waals surface area contributed by atoms with E-state index in [2.05, 4.69) is 19.2 Å². The maximum Gasteiger partial charge on any atom is 0.416 e. The Kier molecular flexibility index (Phi) is 6.45. The highest BCUT2D eigenvalue weighted by Gasteiger charge is 2.31. The number of alkyl halides is 3. The molecule has 0 aliphatic rings. The quantitative estimate of drug-likeness (QED) is 0.571. The number of nitrogens with one attached hydrogen (secondary N) is 1. The minimum atomic E-state index is -4.39. The first-order valence-electron chi connectivity index (χ1n) is 6.96. The van der Waals surface area contributed by atoms with Crippen molar-refractivity contribution in [1.82, 2.24) is 0 Å². The largest absolute Gasteiger partial charge is 0.416 e. The van der Waals surface area contributed by atoms with Gasteiger partial charge in [0, 0.05) is 17.8 Å². The molecule has 21 heavy (non-hydrogen) atoms. The van der Waals surface area contributed by atoms with E-state index in [0.29, 0.717) is 18.2 Å².